The van der Waals surface area contributed by atoms with Gasteiger partial charge in [-0.1, -0.05) is 13.0 Å². The highest BCUT2D eigenvalue weighted by Gasteiger charge is 2.30. The summed E-state index contributed by atoms with van der Waals surface area (Å²) < 4.78 is 18.8. The maximum absolute atomic E-state index is 13.8. The van der Waals surface area contributed by atoms with E-state index in [2.05, 4.69) is 31.0 Å². The quantitative estimate of drug-likeness (QED) is 0.923. The molecular formula is C17H27FN2O. The third kappa shape index (κ3) is 3.95. The topological polar surface area (TPSA) is 24.5 Å². The van der Waals surface area contributed by atoms with E-state index in [0.717, 1.165) is 38.0 Å². The van der Waals surface area contributed by atoms with Gasteiger partial charge in [-0.25, -0.2) is 4.39 Å². The summed E-state index contributed by atoms with van der Waals surface area (Å²) in [6, 6.07) is 5.75. The van der Waals surface area contributed by atoms with Gasteiger partial charge in [-0.2, -0.15) is 0 Å². The Kier molecular flexibility index (Phi) is 5.22. The number of nitrogens with zero attached hydrogens (tertiary/aromatic N) is 1. The fourth-order valence-electron chi connectivity index (χ4n) is 2.92. The average Bonchev–Trinajstić information content (AvgIpc) is 2.59. The second kappa shape index (κ2) is 6.75. The first-order chi connectivity index (χ1) is 9.97. The summed E-state index contributed by atoms with van der Waals surface area (Å²) in [5, 5.41) is 3.65. The molecule has 118 valence electrons. The van der Waals surface area contributed by atoms with Gasteiger partial charge in [-0.3, -0.25) is 4.90 Å². The Balaban J connectivity index is 2.13. The average molecular weight is 294 g/mol. The number of halogens is 1. The second-order valence-corrected chi connectivity index (χ2v) is 6.35. The minimum atomic E-state index is -0.283. The maximum atomic E-state index is 13.8. The number of nitrogens with one attached hydrogen (secondary N) is 1. The predicted molar refractivity (Wildman–Crippen MR) is 84.1 cm³/mol. The molecule has 1 N–H and O–H groups in total. The molecule has 1 aromatic rings. The van der Waals surface area contributed by atoms with E-state index in [1.807, 2.05) is 6.07 Å². The van der Waals surface area contributed by atoms with E-state index >= 15 is 0 Å². The molecule has 1 aliphatic heterocycles. The van der Waals surface area contributed by atoms with Crippen LogP contribution in [0.15, 0.2) is 18.2 Å². The van der Waals surface area contributed by atoms with E-state index in [9.17, 15) is 4.39 Å². The zero-order valence-electron chi connectivity index (χ0n) is 13.6. The van der Waals surface area contributed by atoms with Gasteiger partial charge in [0.15, 0.2) is 11.6 Å². The van der Waals surface area contributed by atoms with Crippen LogP contribution in [0, 0.1) is 5.82 Å². The zero-order valence-corrected chi connectivity index (χ0v) is 13.6. The molecule has 2 atom stereocenters. The highest BCUT2D eigenvalue weighted by atomic mass is 19.1. The monoisotopic (exact) mass is 294 g/mol. The Hall–Kier alpha value is -1.13. The summed E-state index contributed by atoms with van der Waals surface area (Å²) >= 11 is 0. The van der Waals surface area contributed by atoms with Crippen molar-refractivity contribution >= 4 is 0 Å². The summed E-state index contributed by atoms with van der Waals surface area (Å²) in [4.78, 5) is 2.45. The zero-order chi connectivity index (χ0) is 15.5. The van der Waals surface area contributed by atoms with Crippen molar-refractivity contribution in [3.63, 3.8) is 0 Å². The van der Waals surface area contributed by atoms with Gasteiger partial charge in [0.05, 0.1) is 7.11 Å². The third-order valence-electron chi connectivity index (χ3n) is 4.67. The van der Waals surface area contributed by atoms with Crippen molar-refractivity contribution in [3.05, 3.63) is 29.6 Å². The molecule has 21 heavy (non-hydrogen) atoms. The van der Waals surface area contributed by atoms with Gasteiger partial charge >= 0.3 is 0 Å². The van der Waals surface area contributed by atoms with Crippen LogP contribution in [0.2, 0.25) is 0 Å². The molecule has 1 aliphatic rings. The molecule has 1 aromatic carbocycles. The van der Waals surface area contributed by atoms with Gasteiger partial charge in [0.25, 0.3) is 0 Å². The van der Waals surface area contributed by atoms with Crippen LogP contribution in [0.4, 0.5) is 4.39 Å². The molecular weight excluding hydrogens is 267 g/mol. The summed E-state index contributed by atoms with van der Waals surface area (Å²) in [7, 11) is 1.49. The van der Waals surface area contributed by atoms with E-state index in [0.29, 0.717) is 11.8 Å². The van der Waals surface area contributed by atoms with Crippen molar-refractivity contribution < 1.29 is 9.13 Å². The molecule has 1 heterocycles. The van der Waals surface area contributed by atoms with Crippen molar-refractivity contribution in [1.29, 1.82) is 0 Å². The van der Waals surface area contributed by atoms with Crippen LogP contribution in [0.25, 0.3) is 0 Å². The normalized spacial score (nSPS) is 27.4. The molecule has 1 fully saturated rings. The van der Waals surface area contributed by atoms with Crippen LogP contribution < -0.4 is 10.1 Å². The molecule has 0 saturated carbocycles. The molecule has 2 unspecified atom stereocenters. The summed E-state index contributed by atoms with van der Waals surface area (Å²) in [5.74, 6) is 0.0246. The number of benzene rings is 1. The van der Waals surface area contributed by atoms with E-state index < -0.39 is 0 Å². The SMILES string of the molecule is CCC1(C)CN(Cc2ccc(OC)c(F)c2)C(C)CCN1. The smallest absolute Gasteiger partial charge is 0.165 e. The van der Waals surface area contributed by atoms with Gasteiger partial charge in [0, 0.05) is 24.7 Å². The van der Waals surface area contributed by atoms with Gasteiger partial charge < -0.3 is 10.1 Å². The van der Waals surface area contributed by atoms with Crippen LogP contribution in [0.1, 0.15) is 39.2 Å². The van der Waals surface area contributed by atoms with Crippen molar-refractivity contribution in [2.45, 2.75) is 51.7 Å². The van der Waals surface area contributed by atoms with Crippen LogP contribution in [0.3, 0.4) is 0 Å². The Morgan fingerprint density at radius 1 is 1.48 bits per heavy atom. The summed E-state index contributed by atoms with van der Waals surface area (Å²) in [6.07, 6.45) is 2.21. The number of ether oxygens (including phenoxy) is 1. The Morgan fingerprint density at radius 3 is 2.86 bits per heavy atom. The first-order valence-electron chi connectivity index (χ1n) is 7.79. The first kappa shape index (κ1) is 16.2. The molecule has 1 saturated heterocycles. The second-order valence-electron chi connectivity index (χ2n) is 6.35. The van der Waals surface area contributed by atoms with Crippen molar-refractivity contribution in [3.8, 4) is 5.75 Å². The van der Waals surface area contributed by atoms with E-state index in [-0.39, 0.29) is 11.4 Å². The van der Waals surface area contributed by atoms with Crippen molar-refractivity contribution in [1.82, 2.24) is 10.2 Å². The first-order valence-corrected chi connectivity index (χ1v) is 7.79. The molecule has 0 amide bonds. The summed E-state index contributed by atoms with van der Waals surface area (Å²) in [6.45, 7) is 9.54. The lowest BCUT2D eigenvalue weighted by atomic mass is 9.98. The van der Waals surface area contributed by atoms with Gasteiger partial charge in [-0.05, 0) is 50.9 Å². The molecule has 0 aromatic heterocycles. The largest absolute Gasteiger partial charge is 0.494 e. The van der Waals surface area contributed by atoms with Crippen LogP contribution in [0.5, 0.6) is 5.75 Å². The highest BCUT2D eigenvalue weighted by molar-refractivity contribution is 5.29. The number of rotatable bonds is 4. The number of hydrogen-bond acceptors (Lipinski definition) is 3. The lowest BCUT2D eigenvalue weighted by molar-refractivity contribution is 0.163. The minimum Gasteiger partial charge on any atom is -0.494 e. The minimum absolute atomic E-state index is 0.135. The molecule has 0 radical (unpaired) electrons. The van der Waals surface area contributed by atoms with Crippen molar-refractivity contribution in [2.75, 3.05) is 20.2 Å². The Bertz CT molecular complexity index is 480. The maximum Gasteiger partial charge on any atom is 0.165 e. The molecule has 0 bridgehead atoms. The third-order valence-corrected chi connectivity index (χ3v) is 4.67. The van der Waals surface area contributed by atoms with E-state index in [1.165, 1.54) is 7.11 Å². The van der Waals surface area contributed by atoms with Gasteiger partial charge in [0.1, 0.15) is 0 Å². The molecule has 2 rings (SSSR count). The predicted octanol–water partition coefficient (Wildman–Crippen LogP) is 3.19. The van der Waals surface area contributed by atoms with Crippen LogP contribution in [-0.2, 0) is 6.54 Å². The van der Waals surface area contributed by atoms with Crippen LogP contribution in [-0.4, -0.2) is 36.7 Å². The van der Waals surface area contributed by atoms with E-state index in [1.54, 1.807) is 12.1 Å². The molecule has 4 heteroatoms. The molecule has 0 aliphatic carbocycles. The number of hydrogen-bond donors (Lipinski definition) is 1. The Morgan fingerprint density at radius 2 is 2.24 bits per heavy atom. The Labute approximate surface area is 127 Å². The molecule has 3 nitrogen and oxygen atoms in total. The lowest BCUT2D eigenvalue weighted by Crippen LogP contribution is -2.49. The van der Waals surface area contributed by atoms with Gasteiger partial charge in [-0.15, -0.1) is 0 Å². The fraction of sp³-hybridized carbons (Fsp3) is 0.647. The van der Waals surface area contributed by atoms with Crippen LogP contribution >= 0.6 is 0 Å². The number of methoxy groups -OCH3 is 1. The lowest BCUT2D eigenvalue weighted by Gasteiger charge is -2.35. The standard InChI is InChI=1S/C17H27FN2O/c1-5-17(3)12-20(13(2)8-9-19-17)11-14-6-7-16(21-4)15(18)10-14/h6-7,10,13,19H,5,8-9,11-12H2,1-4H3. The summed E-state index contributed by atoms with van der Waals surface area (Å²) in [5.41, 5.74) is 1.14. The van der Waals surface area contributed by atoms with Crippen molar-refractivity contribution in [2.24, 2.45) is 0 Å². The molecule has 0 spiro atoms. The van der Waals surface area contributed by atoms with Gasteiger partial charge in [0.2, 0.25) is 0 Å². The fourth-order valence-corrected chi connectivity index (χ4v) is 2.92. The highest BCUT2D eigenvalue weighted by Crippen LogP contribution is 2.23. The van der Waals surface area contributed by atoms with E-state index in [4.69, 9.17) is 4.74 Å².